The number of para-hydroxylation sites is 2. The van der Waals surface area contributed by atoms with Crippen molar-refractivity contribution < 1.29 is 4.79 Å². The number of nitrogens with one attached hydrogen (secondary N) is 1. The SMILES string of the molecule is CCn1c(NC(=O)Cc2cn3ccsc3n2)nc2ccccc21. The predicted octanol–water partition coefficient (Wildman–Crippen LogP) is 2.95. The molecule has 3 aromatic heterocycles. The van der Waals surface area contributed by atoms with E-state index < -0.39 is 0 Å². The van der Waals surface area contributed by atoms with Crippen molar-refractivity contribution in [3.63, 3.8) is 0 Å². The molecular formula is C16H15N5OS. The minimum Gasteiger partial charge on any atom is -0.310 e. The van der Waals surface area contributed by atoms with Crippen molar-refractivity contribution in [1.29, 1.82) is 0 Å². The van der Waals surface area contributed by atoms with Gasteiger partial charge in [-0.05, 0) is 19.1 Å². The van der Waals surface area contributed by atoms with Gasteiger partial charge in [0.2, 0.25) is 11.9 Å². The number of carbonyl (C=O) groups is 1. The molecule has 0 aliphatic rings. The second kappa shape index (κ2) is 5.51. The van der Waals surface area contributed by atoms with Crippen LogP contribution in [0.3, 0.4) is 0 Å². The van der Waals surface area contributed by atoms with Crippen LogP contribution in [0.4, 0.5) is 5.95 Å². The number of nitrogens with zero attached hydrogens (tertiary/aromatic N) is 4. The Labute approximate surface area is 136 Å². The number of aryl methyl sites for hydroxylation is 1. The summed E-state index contributed by atoms with van der Waals surface area (Å²) < 4.78 is 3.92. The first kappa shape index (κ1) is 14.0. The Kier molecular flexibility index (Phi) is 3.34. The van der Waals surface area contributed by atoms with Gasteiger partial charge in [-0.3, -0.25) is 14.5 Å². The maximum absolute atomic E-state index is 12.3. The van der Waals surface area contributed by atoms with Crippen molar-refractivity contribution >= 4 is 39.2 Å². The monoisotopic (exact) mass is 325 g/mol. The lowest BCUT2D eigenvalue weighted by atomic mass is 10.3. The average Bonchev–Trinajstić information content (AvgIpc) is 3.19. The fourth-order valence-corrected chi connectivity index (χ4v) is 3.40. The maximum Gasteiger partial charge on any atom is 0.232 e. The summed E-state index contributed by atoms with van der Waals surface area (Å²) in [5.41, 5.74) is 2.66. The summed E-state index contributed by atoms with van der Waals surface area (Å²) in [5, 5.41) is 4.87. The van der Waals surface area contributed by atoms with Gasteiger partial charge in [-0.25, -0.2) is 9.97 Å². The number of aromatic nitrogens is 4. The lowest BCUT2D eigenvalue weighted by Crippen LogP contribution is -2.17. The van der Waals surface area contributed by atoms with Crippen LogP contribution in [-0.4, -0.2) is 24.8 Å². The van der Waals surface area contributed by atoms with Gasteiger partial charge in [-0.1, -0.05) is 12.1 Å². The van der Waals surface area contributed by atoms with Gasteiger partial charge in [0.25, 0.3) is 0 Å². The lowest BCUT2D eigenvalue weighted by Gasteiger charge is -2.06. The van der Waals surface area contributed by atoms with Crippen LogP contribution in [0.1, 0.15) is 12.6 Å². The molecule has 1 aromatic carbocycles. The van der Waals surface area contributed by atoms with Crippen molar-refractivity contribution in [2.75, 3.05) is 5.32 Å². The second-order valence-electron chi connectivity index (χ2n) is 5.22. The fourth-order valence-electron chi connectivity index (χ4n) is 2.69. The van der Waals surface area contributed by atoms with Gasteiger partial charge in [-0.2, -0.15) is 0 Å². The molecule has 1 amide bonds. The van der Waals surface area contributed by atoms with E-state index >= 15 is 0 Å². The van der Waals surface area contributed by atoms with E-state index in [0.717, 1.165) is 28.2 Å². The summed E-state index contributed by atoms with van der Waals surface area (Å²) in [6.07, 6.45) is 4.06. The highest BCUT2D eigenvalue weighted by atomic mass is 32.1. The van der Waals surface area contributed by atoms with Gasteiger partial charge in [0.15, 0.2) is 4.96 Å². The van der Waals surface area contributed by atoms with Crippen molar-refractivity contribution in [3.8, 4) is 0 Å². The van der Waals surface area contributed by atoms with Crippen molar-refractivity contribution in [2.24, 2.45) is 0 Å². The average molecular weight is 325 g/mol. The highest BCUT2D eigenvalue weighted by Gasteiger charge is 2.13. The number of thiazole rings is 1. The van der Waals surface area contributed by atoms with Gasteiger partial charge in [0, 0.05) is 24.3 Å². The molecule has 0 spiro atoms. The minimum absolute atomic E-state index is 0.110. The molecule has 0 saturated carbocycles. The molecule has 0 atom stereocenters. The number of carbonyl (C=O) groups excluding carboxylic acids is 1. The number of amides is 1. The fraction of sp³-hybridized carbons (Fsp3) is 0.188. The third-order valence-corrected chi connectivity index (χ3v) is 4.48. The summed E-state index contributed by atoms with van der Waals surface area (Å²) in [7, 11) is 0. The number of hydrogen-bond acceptors (Lipinski definition) is 4. The molecule has 0 aliphatic heterocycles. The Morgan fingerprint density at radius 1 is 1.30 bits per heavy atom. The molecule has 0 bridgehead atoms. The molecule has 7 heteroatoms. The zero-order valence-electron chi connectivity index (χ0n) is 12.6. The summed E-state index contributed by atoms with van der Waals surface area (Å²) in [5.74, 6) is 0.473. The summed E-state index contributed by atoms with van der Waals surface area (Å²) in [4.78, 5) is 22.2. The van der Waals surface area contributed by atoms with Crippen LogP contribution in [0.2, 0.25) is 0 Å². The van der Waals surface area contributed by atoms with E-state index in [2.05, 4.69) is 15.3 Å². The Balaban J connectivity index is 1.57. The largest absolute Gasteiger partial charge is 0.310 e. The molecule has 0 saturated heterocycles. The Bertz CT molecular complexity index is 968. The van der Waals surface area contributed by atoms with Crippen LogP contribution in [0.15, 0.2) is 42.0 Å². The summed E-state index contributed by atoms with van der Waals surface area (Å²) in [6, 6.07) is 7.87. The van der Waals surface area contributed by atoms with E-state index in [9.17, 15) is 4.79 Å². The topological polar surface area (TPSA) is 64.2 Å². The van der Waals surface area contributed by atoms with Gasteiger partial charge in [0.1, 0.15) is 0 Å². The van der Waals surface area contributed by atoms with Crippen molar-refractivity contribution in [1.82, 2.24) is 18.9 Å². The number of rotatable bonds is 4. The molecule has 0 unspecified atom stereocenters. The number of anilines is 1. The molecule has 3 heterocycles. The predicted molar refractivity (Wildman–Crippen MR) is 90.8 cm³/mol. The third-order valence-electron chi connectivity index (χ3n) is 3.71. The van der Waals surface area contributed by atoms with Gasteiger partial charge >= 0.3 is 0 Å². The molecule has 0 fully saturated rings. The standard InChI is InChI=1S/C16H15N5OS/c1-2-21-13-6-4-3-5-12(13)18-15(21)19-14(22)9-11-10-20-7-8-23-16(20)17-11/h3-8,10H,2,9H2,1H3,(H,18,19,22). The molecule has 0 radical (unpaired) electrons. The second-order valence-corrected chi connectivity index (χ2v) is 6.09. The Morgan fingerprint density at radius 2 is 2.17 bits per heavy atom. The molecule has 4 aromatic rings. The van der Waals surface area contributed by atoms with E-state index in [1.807, 2.05) is 57.9 Å². The highest BCUT2D eigenvalue weighted by molar-refractivity contribution is 7.15. The molecule has 1 N–H and O–H groups in total. The van der Waals surface area contributed by atoms with E-state index in [-0.39, 0.29) is 12.3 Å². The van der Waals surface area contributed by atoms with E-state index in [1.165, 1.54) is 0 Å². The van der Waals surface area contributed by atoms with Crippen LogP contribution >= 0.6 is 11.3 Å². The van der Waals surface area contributed by atoms with E-state index in [1.54, 1.807) is 11.3 Å². The van der Waals surface area contributed by atoms with Gasteiger partial charge < -0.3 is 4.57 Å². The molecule has 4 rings (SSSR count). The Morgan fingerprint density at radius 3 is 3.00 bits per heavy atom. The number of benzene rings is 1. The van der Waals surface area contributed by atoms with Crippen LogP contribution in [0.5, 0.6) is 0 Å². The van der Waals surface area contributed by atoms with Crippen molar-refractivity contribution in [2.45, 2.75) is 19.9 Å². The number of hydrogen-bond donors (Lipinski definition) is 1. The first-order valence-electron chi connectivity index (χ1n) is 7.41. The molecule has 116 valence electrons. The molecular weight excluding hydrogens is 310 g/mol. The summed E-state index contributed by atoms with van der Waals surface area (Å²) in [6.45, 7) is 2.78. The van der Waals surface area contributed by atoms with E-state index in [4.69, 9.17) is 0 Å². The number of imidazole rings is 2. The minimum atomic E-state index is -0.110. The van der Waals surface area contributed by atoms with Crippen molar-refractivity contribution in [3.05, 3.63) is 47.7 Å². The first-order valence-corrected chi connectivity index (χ1v) is 8.29. The third kappa shape index (κ3) is 2.49. The quantitative estimate of drug-likeness (QED) is 0.627. The number of fused-ring (bicyclic) bond motifs is 2. The molecule has 0 aliphatic carbocycles. The zero-order valence-corrected chi connectivity index (χ0v) is 13.4. The smallest absolute Gasteiger partial charge is 0.232 e. The molecule has 6 nitrogen and oxygen atoms in total. The Hall–Kier alpha value is -2.67. The lowest BCUT2D eigenvalue weighted by molar-refractivity contribution is -0.115. The van der Waals surface area contributed by atoms with E-state index in [0.29, 0.717) is 5.95 Å². The van der Waals surface area contributed by atoms with Crippen LogP contribution < -0.4 is 5.32 Å². The van der Waals surface area contributed by atoms with Gasteiger partial charge in [-0.15, -0.1) is 11.3 Å². The maximum atomic E-state index is 12.3. The van der Waals surface area contributed by atoms with Crippen LogP contribution in [0, 0.1) is 0 Å². The first-order chi connectivity index (χ1) is 11.2. The van der Waals surface area contributed by atoms with Crippen LogP contribution in [0.25, 0.3) is 16.0 Å². The summed E-state index contributed by atoms with van der Waals surface area (Å²) >= 11 is 1.55. The zero-order chi connectivity index (χ0) is 15.8. The highest BCUT2D eigenvalue weighted by Crippen LogP contribution is 2.19. The van der Waals surface area contributed by atoms with Gasteiger partial charge in [0.05, 0.1) is 23.1 Å². The normalized spacial score (nSPS) is 11.3. The molecule has 23 heavy (non-hydrogen) atoms. The van der Waals surface area contributed by atoms with Crippen LogP contribution in [-0.2, 0) is 17.8 Å².